The zero-order valence-electron chi connectivity index (χ0n) is 18.0. The number of nitrogens with zero attached hydrogens (tertiary/aromatic N) is 1. The summed E-state index contributed by atoms with van der Waals surface area (Å²) in [5, 5.41) is 26.9. The average Bonchev–Trinajstić information content (AvgIpc) is 2.78. The number of aliphatic hydroxyl groups excluding tert-OH is 1. The lowest BCUT2D eigenvalue weighted by Gasteiger charge is -2.32. The molecule has 2 atom stereocenters. The third-order valence-electron chi connectivity index (χ3n) is 5.20. The lowest BCUT2D eigenvalue weighted by atomic mass is 9.92. The average molecular weight is 425 g/mol. The number of aliphatic hydroxyl groups is 1. The van der Waals surface area contributed by atoms with Crippen LogP contribution < -0.4 is 15.4 Å². The zero-order chi connectivity index (χ0) is 22.7. The van der Waals surface area contributed by atoms with Crippen molar-refractivity contribution in [1.82, 2.24) is 10.2 Å². The first-order valence-corrected chi connectivity index (χ1v) is 9.96. The summed E-state index contributed by atoms with van der Waals surface area (Å²) < 4.78 is 5.28. The van der Waals surface area contributed by atoms with Crippen molar-refractivity contribution >= 4 is 17.4 Å². The number of hydrogen-bond acceptors (Lipinski definition) is 7. The van der Waals surface area contributed by atoms with Crippen molar-refractivity contribution in [2.24, 2.45) is 0 Å². The summed E-state index contributed by atoms with van der Waals surface area (Å²) in [6, 6.07) is 12.0. The summed E-state index contributed by atoms with van der Waals surface area (Å²) in [6.45, 7) is 1.98. The van der Waals surface area contributed by atoms with E-state index in [1.807, 2.05) is 31.2 Å². The van der Waals surface area contributed by atoms with E-state index in [0.29, 0.717) is 12.2 Å². The van der Waals surface area contributed by atoms with Gasteiger partial charge in [-0.25, -0.2) is 0 Å². The third kappa shape index (κ3) is 4.34. The topological polar surface area (TPSA) is 111 Å². The summed E-state index contributed by atoms with van der Waals surface area (Å²) in [7, 11) is 4.76. The molecular weight excluding hydrogens is 398 g/mol. The molecule has 164 valence electrons. The molecule has 0 heterocycles. The number of Topliss-reactive ketones (excluding diaryl/α,β-unsaturated/α-hetero) is 1. The molecule has 0 saturated heterocycles. The largest absolute Gasteiger partial charge is 0.505 e. The van der Waals surface area contributed by atoms with Crippen LogP contribution in [0.1, 0.15) is 35.3 Å². The van der Waals surface area contributed by atoms with Crippen LogP contribution in [-0.2, 0) is 4.79 Å². The smallest absolute Gasteiger partial charge is 0.257 e. The lowest BCUT2D eigenvalue weighted by Crippen LogP contribution is -2.46. The van der Waals surface area contributed by atoms with Crippen molar-refractivity contribution in [3.63, 3.8) is 0 Å². The summed E-state index contributed by atoms with van der Waals surface area (Å²) in [5.41, 5.74) is 1.77. The fourth-order valence-electron chi connectivity index (χ4n) is 3.40. The van der Waals surface area contributed by atoms with Gasteiger partial charge in [0.1, 0.15) is 11.4 Å². The van der Waals surface area contributed by atoms with Crippen molar-refractivity contribution in [2.75, 3.05) is 26.5 Å². The van der Waals surface area contributed by atoms with E-state index in [4.69, 9.17) is 4.74 Å². The highest BCUT2D eigenvalue weighted by molar-refractivity contribution is 6.09. The van der Waals surface area contributed by atoms with E-state index in [2.05, 4.69) is 10.6 Å². The van der Waals surface area contributed by atoms with Gasteiger partial charge in [0, 0.05) is 14.1 Å². The monoisotopic (exact) mass is 425 g/mol. The number of methoxy groups -OCH3 is 1. The number of nitrogens with one attached hydrogen (secondary N) is 2. The first-order valence-electron chi connectivity index (χ1n) is 9.96. The minimum absolute atomic E-state index is 0.119. The molecule has 0 fully saturated rings. The van der Waals surface area contributed by atoms with Gasteiger partial charge in [0.15, 0.2) is 11.9 Å². The van der Waals surface area contributed by atoms with Gasteiger partial charge in [0.25, 0.3) is 5.91 Å². The molecule has 31 heavy (non-hydrogen) atoms. The molecule has 0 aromatic heterocycles. The number of carbonyl (C=O) groups is 2. The maximum absolute atomic E-state index is 12.4. The van der Waals surface area contributed by atoms with Gasteiger partial charge < -0.3 is 30.5 Å². The summed E-state index contributed by atoms with van der Waals surface area (Å²) in [6.07, 6.45) is -0.649. The van der Waals surface area contributed by atoms with Crippen LogP contribution in [0.4, 0.5) is 5.69 Å². The summed E-state index contributed by atoms with van der Waals surface area (Å²) in [5.74, 6) is -0.344. The van der Waals surface area contributed by atoms with Gasteiger partial charge in [-0.2, -0.15) is 0 Å². The number of amides is 1. The predicted molar refractivity (Wildman–Crippen MR) is 117 cm³/mol. The van der Waals surface area contributed by atoms with Crippen LogP contribution in [0, 0.1) is 0 Å². The molecule has 8 nitrogen and oxygen atoms in total. The molecule has 1 amide bonds. The Morgan fingerprint density at radius 2 is 1.94 bits per heavy atom. The number of aromatic hydroxyl groups is 1. The van der Waals surface area contributed by atoms with Crippen LogP contribution in [0.3, 0.4) is 0 Å². The van der Waals surface area contributed by atoms with E-state index in [9.17, 15) is 19.8 Å². The highest BCUT2D eigenvalue weighted by atomic mass is 16.5. The molecule has 1 aliphatic carbocycles. The van der Waals surface area contributed by atoms with Gasteiger partial charge in [-0.15, -0.1) is 0 Å². The van der Waals surface area contributed by atoms with E-state index >= 15 is 0 Å². The second-order valence-corrected chi connectivity index (χ2v) is 7.46. The Labute approximate surface area is 181 Å². The molecule has 0 radical (unpaired) electrons. The number of ether oxygens (including phenoxy) is 1. The van der Waals surface area contributed by atoms with Gasteiger partial charge in [0.2, 0.25) is 5.78 Å². The van der Waals surface area contributed by atoms with Gasteiger partial charge in [-0.1, -0.05) is 25.1 Å². The first-order chi connectivity index (χ1) is 14.8. The minimum atomic E-state index is -1.34. The number of hydrogen-bond donors (Lipinski definition) is 4. The van der Waals surface area contributed by atoms with Crippen LogP contribution in [0.5, 0.6) is 11.5 Å². The number of rotatable bonds is 8. The molecule has 0 spiro atoms. The summed E-state index contributed by atoms with van der Waals surface area (Å²) in [4.78, 5) is 26.0. The number of phenols is 1. The molecule has 0 saturated carbocycles. The van der Waals surface area contributed by atoms with E-state index < -0.39 is 11.9 Å². The van der Waals surface area contributed by atoms with Crippen LogP contribution in [-0.4, -0.2) is 54.1 Å². The molecular formula is C23H27N3O5. The molecule has 2 unspecified atom stereocenters. The van der Waals surface area contributed by atoms with Gasteiger partial charge >= 0.3 is 0 Å². The van der Waals surface area contributed by atoms with Crippen molar-refractivity contribution < 1.29 is 24.5 Å². The number of phenolic OH excluding ortho intramolecular Hbond substituents is 1. The predicted octanol–water partition coefficient (Wildman–Crippen LogP) is 2.41. The Morgan fingerprint density at radius 3 is 2.58 bits per heavy atom. The van der Waals surface area contributed by atoms with Crippen LogP contribution >= 0.6 is 0 Å². The Hall–Kier alpha value is -3.52. The number of ketones is 1. The van der Waals surface area contributed by atoms with Crippen molar-refractivity contribution in [2.45, 2.75) is 25.5 Å². The second kappa shape index (κ2) is 9.09. The van der Waals surface area contributed by atoms with Crippen LogP contribution in [0.2, 0.25) is 0 Å². The fraction of sp³-hybridized carbons (Fsp3) is 0.304. The second-order valence-electron chi connectivity index (χ2n) is 7.46. The normalized spacial score (nSPS) is 16.4. The summed E-state index contributed by atoms with van der Waals surface area (Å²) >= 11 is 0. The molecule has 1 aliphatic rings. The molecule has 2 aromatic carbocycles. The Morgan fingerprint density at radius 1 is 1.23 bits per heavy atom. The standard InChI is InChI=1S/C23H27N3O5/c1-5-16(13-8-6-9-14(12-13)31-4)24-18-19(22(29)21(18)28)25-17-11-7-10-15(20(17)27)23(30)26(2)3/h6-12,16,22,24-25,27,29H,5H2,1-4H3. The number of benzene rings is 2. The van der Waals surface area contributed by atoms with E-state index in [1.165, 1.54) is 11.0 Å². The van der Waals surface area contributed by atoms with E-state index in [0.717, 1.165) is 5.56 Å². The van der Waals surface area contributed by atoms with Crippen molar-refractivity contribution in [3.05, 3.63) is 65.0 Å². The van der Waals surface area contributed by atoms with Gasteiger partial charge in [-0.3, -0.25) is 9.59 Å². The SMILES string of the molecule is CCC(NC1=C(Nc2cccc(C(=O)N(C)C)c2O)C(O)C1=O)c1cccc(OC)c1. The van der Waals surface area contributed by atoms with Crippen LogP contribution in [0.25, 0.3) is 0 Å². The van der Waals surface area contributed by atoms with Crippen molar-refractivity contribution in [3.8, 4) is 11.5 Å². The maximum atomic E-state index is 12.4. The highest BCUT2D eigenvalue weighted by Gasteiger charge is 2.39. The molecule has 0 aliphatic heterocycles. The van der Waals surface area contributed by atoms with Gasteiger partial charge in [-0.05, 0) is 36.2 Å². The van der Waals surface area contributed by atoms with E-state index in [-0.39, 0.29) is 40.3 Å². The van der Waals surface area contributed by atoms with Gasteiger partial charge in [0.05, 0.1) is 30.1 Å². The minimum Gasteiger partial charge on any atom is -0.505 e. The third-order valence-corrected chi connectivity index (χ3v) is 5.20. The molecule has 0 bridgehead atoms. The molecule has 3 rings (SSSR count). The quantitative estimate of drug-likeness (QED) is 0.481. The highest BCUT2D eigenvalue weighted by Crippen LogP contribution is 2.34. The maximum Gasteiger partial charge on any atom is 0.257 e. The Balaban J connectivity index is 1.89. The Bertz CT molecular complexity index is 1030. The Kier molecular flexibility index (Phi) is 6.50. The number of para-hydroxylation sites is 1. The number of carbonyl (C=O) groups excluding carboxylic acids is 2. The number of anilines is 1. The van der Waals surface area contributed by atoms with Crippen molar-refractivity contribution in [1.29, 1.82) is 0 Å². The lowest BCUT2D eigenvalue weighted by molar-refractivity contribution is -0.125. The molecule has 4 N–H and O–H groups in total. The first kappa shape index (κ1) is 22.2. The molecule has 2 aromatic rings. The molecule has 8 heteroatoms. The zero-order valence-corrected chi connectivity index (χ0v) is 18.0. The van der Waals surface area contributed by atoms with Crippen LogP contribution in [0.15, 0.2) is 53.9 Å². The van der Waals surface area contributed by atoms with E-state index in [1.54, 1.807) is 33.3 Å². The fourth-order valence-corrected chi connectivity index (χ4v) is 3.40.